The normalized spacial score (nSPS) is 10.5. The monoisotopic (exact) mass is 271 g/mol. The summed E-state index contributed by atoms with van der Waals surface area (Å²) in [5.74, 6) is -6.43. The number of hydrogen-bond donors (Lipinski definition) is 1. The van der Waals surface area contributed by atoms with Gasteiger partial charge in [-0.25, -0.2) is 0 Å². The highest BCUT2D eigenvalue weighted by Crippen LogP contribution is 2.21. The van der Waals surface area contributed by atoms with Crippen molar-refractivity contribution < 1.29 is 17.6 Å². The van der Waals surface area contributed by atoms with E-state index < -0.39 is 29.2 Å². The summed E-state index contributed by atoms with van der Waals surface area (Å²) >= 11 is 0. The number of pyridine rings is 2. The quantitative estimate of drug-likeness (QED) is 0.686. The molecule has 100 valence electrons. The fourth-order valence-corrected chi connectivity index (χ4v) is 1.52. The Kier molecular flexibility index (Phi) is 3.94. The topological polar surface area (TPSA) is 37.8 Å². The second-order valence-corrected chi connectivity index (χ2v) is 3.73. The maximum Gasteiger partial charge on any atom is 0.253 e. The summed E-state index contributed by atoms with van der Waals surface area (Å²) in [5, 5.41) is 2.31. The predicted molar refractivity (Wildman–Crippen MR) is 60.5 cm³/mol. The van der Waals surface area contributed by atoms with E-state index in [0.717, 1.165) is 5.56 Å². The van der Waals surface area contributed by atoms with Gasteiger partial charge in [-0.05, 0) is 18.1 Å². The van der Waals surface area contributed by atoms with E-state index in [1.807, 2.05) is 0 Å². The molecule has 0 aromatic carbocycles. The van der Waals surface area contributed by atoms with Crippen molar-refractivity contribution in [1.82, 2.24) is 9.97 Å². The average molecular weight is 271 g/mol. The molecule has 0 unspecified atom stereocenters. The van der Waals surface area contributed by atoms with Gasteiger partial charge in [0.2, 0.25) is 11.6 Å². The van der Waals surface area contributed by atoms with Gasteiger partial charge in [-0.3, -0.25) is 4.98 Å². The molecule has 0 aliphatic rings. The average Bonchev–Trinajstić information content (AvgIpc) is 2.42. The predicted octanol–water partition coefficient (Wildman–Crippen LogP) is 2.69. The fourth-order valence-electron chi connectivity index (χ4n) is 1.52. The number of nitrogens with one attached hydrogen (secondary N) is 1. The number of nitrogens with zero attached hydrogens (tertiary/aromatic N) is 2. The van der Waals surface area contributed by atoms with Gasteiger partial charge in [0.15, 0.2) is 0 Å². The SMILES string of the molecule is Fc1nc(F)c(F)c(NCCc2cccnc2)c1F. The van der Waals surface area contributed by atoms with E-state index >= 15 is 0 Å². The van der Waals surface area contributed by atoms with Gasteiger partial charge in [0.25, 0.3) is 11.9 Å². The van der Waals surface area contributed by atoms with Crippen LogP contribution in [-0.4, -0.2) is 16.5 Å². The van der Waals surface area contributed by atoms with Crippen molar-refractivity contribution in [3.05, 3.63) is 53.6 Å². The van der Waals surface area contributed by atoms with Crippen molar-refractivity contribution in [2.75, 3.05) is 11.9 Å². The molecule has 0 aliphatic heterocycles. The van der Waals surface area contributed by atoms with E-state index in [9.17, 15) is 17.6 Å². The molecule has 3 nitrogen and oxygen atoms in total. The highest BCUT2D eigenvalue weighted by molar-refractivity contribution is 5.45. The van der Waals surface area contributed by atoms with Crippen LogP contribution < -0.4 is 5.32 Å². The van der Waals surface area contributed by atoms with Crippen LogP contribution >= 0.6 is 0 Å². The summed E-state index contributed by atoms with van der Waals surface area (Å²) in [6.45, 7) is 0.0996. The number of halogens is 4. The van der Waals surface area contributed by atoms with Crippen LogP contribution in [0, 0.1) is 23.5 Å². The lowest BCUT2D eigenvalue weighted by atomic mass is 10.2. The van der Waals surface area contributed by atoms with Gasteiger partial charge in [0.05, 0.1) is 0 Å². The maximum atomic E-state index is 13.2. The summed E-state index contributed by atoms with van der Waals surface area (Å²) in [5.41, 5.74) is -0.0280. The molecule has 1 N–H and O–H groups in total. The van der Waals surface area contributed by atoms with Crippen LogP contribution in [0.1, 0.15) is 5.56 Å². The molecule has 0 aliphatic carbocycles. The Morgan fingerprint density at radius 1 is 1.05 bits per heavy atom. The molecule has 0 bridgehead atoms. The van der Waals surface area contributed by atoms with Crippen molar-refractivity contribution in [3.8, 4) is 0 Å². The Morgan fingerprint density at radius 3 is 2.32 bits per heavy atom. The molecule has 2 aromatic heterocycles. The first-order chi connectivity index (χ1) is 9.09. The number of hydrogen-bond acceptors (Lipinski definition) is 3. The van der Waals surface area contributed by atoms with Crippen LogP contribution in [0.2, 0.25) is 0 Å². The molecule has 0 saturated carbocycles. The van der Waals surface area contributed by atoms with E-state index in [4.69, 9.17) is 0 Å². The second kappa shape index (κ2) is 5.64. The zero-order valence-electron chi connectivity index (χ0n) is 9.63. The molecule has 0 amide bonds. The van der Waals surface area contributed by atoms with E-state index in [0.29, 0.717) is 6.42 Å². The summed E-state index contributed by atoms with van der Waals surface area (Å²) in [7, 11) is 0. The third kappa shape index (κ3) is 2.98. The molecule has 0 saturated heterocycles. The van der Waals surface area contributed by atoms with E-state index in [1.54, 1.807) is 24.5 Å². The second-order valence-electron chi connectivity index (χ2n) is 3.73. The van der Waals surface area contributed by atoms with Gasteiger partial charge in [-0.2, -0.15) is 22.5 Å². The van der Waals surface area contributed by atoms with Crippen molar-refractivity contribution >= 4 is 5.69 Å². The highest BCUT2D eigenvalue weighted by atomic mass is 19.2. The summed E-state index contributed by atoms with van der Waals surface area (Å²) < 4.78 is 52.2. The minimum absolute atomic E-state index is 0.0996. The molecule has 2 heterocycles. The highest BCUT2D eigenvalue weighted by Gasteiger charge is 2.20. The van der Waals surface area contributed by atoms with Crippen LogP contribution in [0.25, 0.3) is 0 Å². The van der Waals surface area contributed by atoms with E-state index in [-0.39, 0.29) is 6.54 Å². The number of aromatic nitrogens is 2. The molecule has 7 heteroatoms. The number of rotatable bonds is 4. The molecule has 2 aromatic rings. The minimum Gasteiger partial charge on any atom is -0.380 e. The number of anilines is 1. The van der Waals surface area contributed by atoms with Crippen LogP contribution in [-0.2, 0) is 6.42 Å². The summed E-state index contributed by atoms with van der Waals surface area (Å²) in [4.78, 5) is 6.33. The summed E-state index contributed by atoms with van der Waals surface area (Å²) in [6, 6.07) is 3.48. The molecule has 0 atom stereocenters. The van der Waals surface area contributed by atoms with Crippen LogP contribution in [0.5, 0.6) is 0 Å². The minimum atomic E-state index is -1.68. The Bertz CT molecular complexity index is 549. The van der Waals surface area contributed by atoms with Gasteiger partial charge < -0.3 is 5.32 Å². The lowest BCUT2D eigenvalue weighted by Crippen LogP contribution is -2.12. The molecular formula is C12H9F4N3. The Balaban J connectivity index is 2.08. The Hall–Kier alpha value is -2.18. The molecule has 19 heavy (non-hydrogen) atoms. The molecule has 0 spiro atoms. The van der Waals surface area contributed by atoms with Crippen LogP contribution in [0.4, 0.5) is 23.2 Å². The lowest BCUT2D eigenvalue weighted by Gasteiger charge is -2.09. The standard InChI is InChI=1S/C12H9F4N3/c13-8-10(9(14)12(16)19-11(8)15)18-5-3-7-2-1-4-17-6-7/h1-2,4,6H,3,5H2,(H,18,19). The van der Waals surface area contributed by atoms with Crippen LogP contribution in [0.15, 0.2) is 24.5 Å². The van der Waals surface area contributed by atoms with Gasteiger partial charge in [-0.15, -0.1) is 0 Å². The van der Waals surface area contributed by atoms with Gasteiger partial charge in [-0.1, -0.05) is 6.07 Å². The zero-order valence-corrected chi connectivity index (χ0v) is 9.63. The van der Waals surface area contributed by atoms with E-state index in [2.05, 4.69) is 15.3 Å². The molecule has 0 radical (unpaired) electrons. The fraction of sp³-hybridized carbons (Fsp3) is 0.167. The maximum absolute atomic E-state index is 13.2. The Morgan fingerprint density at radius 2 is 1.74 bits per heavy atom. The third-order valence-electron chi connectivity index (χ3n) is 2.44. The van der Waals surface area contributed by atoms with Gasteiger partial charge in [0, 0.05) is 18.9 Å². The smallest absolute Gasteiger partial charge is 0.253 e. The first kappa shape index (κ1) is 13.3. The van der Waals surface area contributed by atoms with E-state index in [1.165, 1.54) is 0 Å². The summed E-state index contributed by atoms with van der Waals surface area (Å²) in [6.07, 6.45) is 3.57. The van der Waals surface area contributed by atoms with Crippen molar-refractivity contribution in [1.29, 1.82) is 0 Å². The van der Waals surface area contributed by atoms with Gasteiger partial charge in [0.1, 0.15) is 5.69 Å². The first-order valence-electron chi connectivity index (χ1n) is 5.42. The zero-order chi connectivity index (χ0) is 13.8. The van der Waals surface area contributed by atoms with Crippen molar-refractivity contribution in [2.45, 2.75) is 6.42 Å². The lowest BCUT2D eigenvalue weighted by molar-refractivity contribution is 0.410. The third-order valence-corrected chi connectivity index (χ3v) is 2.44. The molecular weight excluding hydrogens is 262 g/mol. The first-order valence-corrected chi connectivity index (χ1v) is 5.42. The Labute approximate surface area is 106 Å². The van der Waals surface area contributed by atoms with Crippen molar-refractivity contribution in [3.63, 3.8) is 0 Å². The molecule has 2 rings (SSSR count). The largest absolute Gasteiger partial charge is 0.380 e. The van der Waals surface area contributed by atoms with Gasteiger partial charge >= 0.3 is 0 Å². The van der Waals surface area contributed by atoms with Crippen molar-refractivity contribution in [2.24, 2.45) is 0 Å². The molecule has 0 fully saturated rings. The van der Waals surface area contributed by atoms with Crippen LogP contribution in [0.3, 0.4) is 0 Å².